The van der Waals surface area contributed by atoms with Gasteiger partial charge in [0.2, 0.25) is 5.91 Å². The summed E-state index contributed by atoms with van der Waals surface area (Å²) in [5.41, 5.74) is 0.424. The number of hydrogen-bond donors (Lipinski definition) is 0. The summed E-state index contributed by atoms with van der Waals surface area (Å²) in [6, 6.07) is 0. The lowest BCUT2D eigenvalue weighted by atomic mass is 10.1. The standard InChI is InChI=1S/C15H21FN4O2/c1-2-12-13(16)14(18-10-17-12)20-4-3-11(9-20)15(21)19-5-7-22-8-6-19/h10-11H,2-9H2,1H3. The number of nitrogens with zero attached hydrogens (tertiary/aromatic N) is 4. The van der Waals surface area contributed by atoms with Crippen LogP contribution in [-0.2, 0) is 16.0 Å². The number of rotatable bonds is 3. The van der Waals surface area contributed by atoms with E-state index in [0.717, 1.165) is 6.42 Å². The van der Waals surface area contributed by atoms with Crippen molar-refractivity contribution in [1.29, 1.82) is 0 Å². The van der Waals surface area contributed by atoms with Crippen LogP contribution < -0.4 is 4.90 Å². The topological polar surface area (TPSA) is 58.6 Å². The smallest absolute Gasteiger partial charge is 0.227 e. The molecule has 0 bridgehead atoms. The highest BCUT2D eigenvalue weighted by atomic mass is 19.1. The molecule has 0 spiro atoms. The molecule has 0 radical (unpaired) electrons. The van der Waals surface area contributed by atoms with Crippen molar-refractivity contribution in [1.82, 2.24) is 14.9 Å². The number of hydrogen-bond acceptors (Lipinski definition) is 5. The molecule has 0 aromatic carbocycles. The SMILES string of the molecule is CCc1ncnc(N2CCC(C(=O)N3CCOCC3)C2)c1F. The second-order valence-corrected chi connectivity index (χ2v) is 5.68. The summed E-state index contributed by atoms with van der Waals surface area (Å²) >= 11 is 0. The normalized spacial score (nSPS) is 22.2. The molecule has 1 amide bonds. The Labute approximate surface area is 129 Å². The maximum Gasteiger partial charge on any atom is 0.227 e. The predicted octanol–water partition coefficient (Wildman–Crippen LogP) is 0.863. The Morgan fingerprint density at radius 1 is 1.36 bits per heavy atom. The van der Waals surface area contributed by atoms with E-state index in [9.17, 15) is 9.18 Å². The molecule has 0 N–H and O–H groups in total. The van der Waals surface area contributed by atoms with Crippen molar-refractivity contribution in [2.24, 2.45) is 5.92 Å². The number of amides is 1. The third-order valence-corrected chi connectivity index (χ3v) is 4.34. The van der Waals surface area contributed by atoms with Gasteiger partial charge in [-0.15, -0.1) is 0 Å². The Morgan fingerprint density at radius 2 is 2.14 bits per heavy atom. The number of carbonyl (C=O) groups excluding carboxylic acids is 1. The Kier molecular flexibility index (Phi) is 4.52. The second-order valence-electron chi connectivity index (χ2n) is 5.68. The molecule has 22 heavy (non-hydrogen) atoms. The fourth-order valence-corrected chi connectivity index (χ4v) is 3.06. The number of carbonyl (C=O) groups is 1. The predicted molar refractivity (Wildman–Crippen MR) is 79.1 cm³/mol. The average Bonchev–Trinajstić information content (AvgIpc) is 3.05. The number of ether oxygens (including phenoxy) is 1. The van der Waals surface area contributed by atoms with E-state index in [1.54, 1.807) is 0 Å². The first kappa shape index (κ1) is 15.1. The van der Waals surface area contributed by atoms with Gasteiger partial charge in [-0.2, -0.15) is 0 Å². The van der Waals surface area contributed by atoms with Crippen LogP contribution in [0.2, 0.25) is 0 Å². The highest BCUT2D eigenvalue weighted by Crippen LogP contribution is 2.26. The molecule has 120 valence electrons. The zero-order chi connectivity index (χ0) is 15.5. The van der Waals surface area contributed by atoms with Gasteiger partial charge < -0.3 is 14.5 Å². The van der Waals surface area contributed by atoms with E-state index in [1.165, 1.54) is 6.33 Å². The molecule has 0 aliphatic carbocycles. The fraction of sp³-hybridized carbons (Fsp3) is 0.667. The molecule has 0 saturated carbocycles. The van der Waals surface area contributed by atoms with Gasteiger partial charge in [0.1, 0.15) is 6.33 Å². The van der Waals surface area contributed by atoms with Crippen LogP contribution in [-0.4, -0.2) is 60.2 Å². The molecule has 6 nitrogen and oxygen atoms in total. The van der Waals surface area contributed by atoms with Crippen molar-refractivity contribution in [3.05, 3.63) is 17.8 Å². The Hall–Kier alpha value is -1.76. The van der Waals surface area contributed by atoms with Crippen LogP contribution in [0.1, 0.15) is 19.0 Å². The molecular formula is C15H21FN4O2. The summed E-state index contributed by atoms with van der Waals surface area (Å²) in [6.07, 6.45) is 2.67. The van der Waals surface area contributed by atoms with E-state index in [4.69, 9.17) is 4.74 Å². The first-order chi connectivity index (χ1) is 10.7. The summed E-state index contributed by atoms with van der Waals surface area (Å²) in [7, 11) is 0. The second kappa shape index (κ2) is 6.56. The molecule has 1 unspecified atom stereocenters. The monoisotopic (exact) mass is 308 g/mol. The molecule has 2 fully saturated rings. The summed E-state index contributed by atoms with van der Waals surface area (Å²) in [4.78, 5) is 24.2. The molecule has 2 aliphatic heterocycles. The first-order valence-electron chi connectivity index (χ1n) is 7.81. The number of halogens is 1. The zero-order valence-corrected chi connectivity index (χ0v) is 12.8. The minimum atomic E-state index is -0.357. The molecule has 7 heteroatoms. The number of aryl methyl sites for hydroxylation is 1. The third kappa shape index (κ3) is 2.90. The summed E-state index contributed by atoms with van der Waals surface area (Å²) in [5.74, 6) is 0.0297. The maximum absolute atomic E-state index is 14.3. The van der Waals surface area contributed by atoms with Crippen LogP contribution in [0, 0.1) is 11.7 Å². The van der Waals surface area contributed by atoms with E-state index in [1.807, 2.05) is 16.7 Å². The average molecular weight is 308 g/mol. The largest absolute Gasteiger partial charge is 0.378 e. The van der Waals surface area contributed by atoms with Crippen molar-refractivity contribution in [3.8, 4) is 0 Å². The Bertz CT molecular complexity index is 548. The molecule has 3 rings (SSSR count). The van der Waals surface area contributed by atoms with Crippen molar-refractivity contribution >= 4 is 11.7 Å². The Balaban J connectivity index is 1.68. The highest BCUT2D eigenvalue weighted by Gasteiger charge is 2.33. The summed E-state index contributed by atoms with van der Waals surface area (Å²) in [5, 5.41) is 0. The number of aromatic nitrogens is 2. The van der Waals surface area contributed by atoms with Gasteiger partial charge in [0.15, 0.2) is 11.6 Å². The van der Waals surface area contributed by atoms with Crippen molar-refractivity contribution < 1.29 is 13.9 Å². The minimum Gasteiger partial charge on any atom is -0.378 e. The minimum absolute atomic E-state index is 0.0856. The van der Waals surface area contributed by atoms with Gasteiger partial charge in [0.25, 0.3) is 0 Å². The van der Waals surface area contributed by atoms with Gasteiger partial charge in [0, 0.05) is 26.2 Å². The van der Waals surface area contributed by atoms with Gasteiger partial charge in [-0.1, -0.05) is 6.92 Å². The number of morpholine rings is 1. The maximum atomic E-state index is 14.3. The van der Waals surface area contributed by atoms with E-state index in [0.29, 0.717) is 57.3 Å². The Morgan fingerprint density at radius 3 is 2.86 bits per heavy atom. The molecular weight excluding hydrogens is 287 g/mol. The zero-order valence-electron chi connectivity index (χ0n) is 12.8. The van der Waals surface area contributed by atoms with E-state index in [2.05, 4.69) is 9.97 Å². The quantitative estimate of drug-likeness (QED) is 0.829. The van der Waals surface area contributed by atoms with Crippen molar-refractivity contribution in [2.75, 3.05) is 44.3 Å². The summed E-state index contributed by atoms with van der Waals surface area (Å²) < 4.78 is 19.6. The lowest BCUT2D eigenvalue weighted by Gasteiger charge is -2.29. The van der Waals surface area contributed by atoms with E-state index >= 15 is 0 Å². The van der Waals surface area contributed by atoms with Gasteiger partial charge >= 0.3 is 0 Å². The molecule has 1 atom stereocenters. The molecule has 1 aromatic rings. The first-order valence-corrected chi connectivity index (χ1v) is 7.81. The van der Waals surface area contributed by atoms with E-state index < -0.39 is 0 Å². The van der Waals surface area contributed by atoms with Crippen LogP contribution in [0.5, 0.6) is 0 Å². The van der Waals surface area contributed by atoms with E-state index in [-0.39, 0.29) is 17.6 Å². The van der Waals surface area contributed by atoms with Crippen LogP contribution in [0.4, 0.5) is 10.2 Å². The van der Waals surface area contributed by atoms with Gasteiger partial charge in [-0.3, -0.25) is 4.79 Å². The van der Waals surface area contributed by atoms with Gasteiger partial charge in [0.05, 0.1) is 24.8 Å². The van der Waals surface area contributed by atoms with Crippen LogP contribution in [0.15, 0.2) is 6.33 Å². The van der Waals surface area contributed by atoms with Gasteiger partial charge in [-0.05, 0) is 12.8 Å². The molecule has 1 aromatic heterocycles. The lowest BCUT2D eigenvalue weighted by molar-refractivity contribution is -0.138. The van der Waals surface area contributed by atoms with Crippen LogP contribution in [0.3, 0.4) is 0 Å². The van der Waals surface area contributed by atoms with Crippen molar-refractivity contribution in [3.63, 3.8) is 0 Å². The molecule has 2 aliphatic rings. The van der Waals surface area contributed by atoms with Crippen molar-refractivity contribution in [2.45, 2.75) is 19.8 Å². The lowest BCUT2D eigenvalue weighted by Crippen LogP contribution is -2.44. The molecule has 3 heterocycles. The number of anilines is 1. The highest BCUT2D eigenvalue weighted by molar-refractivity contribution is 5.80. The van der Waals surface area contributed by atoms with Crippen LogP contribution >= 0.6 is 0 Å². The van der Waals surface area contributed by atoms with Crippen LogP contribution in [0.25, 0.3) is 0 Å². The molecule has 2 saturated heterocycles. The fourth-order valence-electron chi connectivity index (χ4n) is 3.06. The summed E-state index contributed by atoms with van der Waals surface area (Å²) in [6.45, 7) is 5.54. The third-order valence-electron chi connectivity index (χ3n) is 4.34. The van der Waals surface area contributed by atoms with Gasteiger partial charge in [-0.25, -0.2) is 14.4 Å².